The summed E-state index contributed by atoms with van der Waals surface area (Å²) in [5, 5.41) is 4.27. The number of likely N-dealkylation sites (tertiary alicyclic amines) is 4. The van der Waals surface area contributed by atoms with Crippen molar-refractivity contribution in [3.05, 3.63) is 108 Å². The molecule has 4 aliphatic heterocycles. The first-order valence-electron chi connectivity index (χ1n) is 23.1. The first-order chi connectivity index (χ1) is 31.1. The highest BCUT2D eigenvalue weighted by Gasteiger charge is 2.36. The SMILES string of the molecule is C.C.CC(c1ccnc(N)c1)N1CCC(C(=O)N2CCC(C(=O)c3ccccn3)CC2)CC1.CON=C(c1ccccn1)C1CCN(C(=O)C2CCN(C(C)c3ccnc(N)c3)CC2)CC1. The summed E-state index contributed by atoms with van der Waals surface area (Å²) in [4.78, 5) is 69.7. The second-order valence-electron chi connectivity index (χ2n) is 17.7. The number of carbonyl (C=O) groups excluding carboxylic acids is 3. The summed E-state index contributed by atoms with van der Waals surface area (Å²) in [7, 11) is 1.57. The number of anilines is 2. The van der Waals surface area contributed by atoms with Crippen molar-refractivity contribution in [2.45, 2.75) is 92.2 Å². The van der Waals surface area contributed by atoms with Gasteiger partial charge in [0.25, 0.3) is 0 Å². The van der Waals surface area contributed by atoms with Crippen LogP contribution in [0.1, 0.15) is 119 Å². The third kappa shape index (κ3) is 13.0. The zero-order valence-electron chi connectivity index (χ0n) is 37.7. The van der Waals surface area contributed by atoms with Crippen LogP contribution in [-0.2, 0) is 14.4 Å². The number of rotatable bonds is 11. The molecule has 4 fully saturated rings. The van der Waals surface area contributed by atoms with E-state index in [-0.39, 0.29) is 62.3 Å². The number of piperidine rings is 4. The Bertz CT molecular complexity index is 2160. The van der Waals surface area contributed by atoms with Crippen LogP contribution in [0, 0.1) is 23.7 Å². The molecule has 0 radical (unpaired) electrons. The molecular weight excluding hydrogens is 831 g/mol. The van der Waals surface area contributed by atoms with Gasteiger partial charge < -0.3 is 26.1 Å². The standard InChI is InChI=1S/C25H34N6O2.C24H31N5O2.2CH4/c1-18(21-6-12-28-23(26)17-21)30-13-9-20(10-14-30)25(32)31-15-7-19(8-16-31)24(29-33-2)22-5-3-4-11-27-22;1-17(20-5-11-27-22(25)16-20)28-12-8-19(9-13-28)24(31)29-14-6-18(7-15-29)23(30)21-4-2-3-10-26-21;;/h3-6,11-12,17-20H,7-10,13-16H2,1-2H3,(H2,26,28);2-5,10-11,16-19H,6-9,12-15H2,1H3,(H2,25,27);2*1H4. The van der Waals surface area contributed by atoms with Gasteiger partial charge in [-0.05, 0) is 151 Å². The Balaban J connectivity index is 0.000000241. The van der Waals surface area contributed by atoms with Crippen molar-refractivity contribution in [1.29, 1.82) is 0 Å². The van der Waals surface area contributed by atoms with Gasteiger partial charge >= 0.3 is 0 Å². The highest BCUT2D eigenvalue weighted by molar-refractivity contribution is 6.00. The first-order valence-corrected chi connectivity index (χ1v) is 23.1. The summed E-state index contributed by atoms with van der Waals surface area (Å²) in [6, 6.07) is 19.7. The van der Waals surface area contributed by atoms with E-state index in [0.717, 1.165) is 108 Å². The highest BCUT2D eigenvalue weighted by atomic mass is 16.6. The number of carbonyl (C=O) groups is 3. The van der Waals surface area contributed by atoms with E-state index in [9.17, 15) is 14.4 Å². The van der Waals surface area contributed by atoms with Crippen molar-refractivity contribution in [1.82, 2.24) is 39.5 Å². The normalized spacial score (nSPS) is 19.3. The van der Waals surface area contributed by atoms with Crippen LogP contribution in [0.15, 0.2) is 90.6 Å². The summed E-state index contributed by atoms with van der Waals surface area (Å²) in [5.41, 5.74) is 16.3. The van der Waals surface area contributed by atoms with Gasteiger partial charge in [0.2, 0.25) is 11.8 Å². The Labute approximate surface area is 392 Å². The van der Waals surface area contributed by atoms with E-state index in [1.54, 1.807) is 38.0 Å². The molecule has 0 saturated carbocycles. The van der Waals surface area contributed by atoms with E-state index in [0.29, 0.717) is 36.3 Å². The lowest BCUT2D eigenvalue weighted by atomic mass is 9.88. The number of nitrogen functional groups attached to an aromatic ring is 2. The maximum atomic E-state index is 13.2. The lowest BCUT2D eigenvalue weighted by Gasteiger charge is -2.39. The number of hydrogen-bond donors (Lipinski definition) is 2. The van der Waals surface area contributed by atoms with Gasteiger partial charge in [0.1, 0.15) is 30.2 Å². The molecule has 15 heteroatoms. The number of aromatic nitrogens is 4. The van der Waals surface area contributed by atoms with Gasteiger partial charge in [-0.3, -0.25) is 34.2 Å². The van der Waals surface area contributed by atoms with E-state index < -0.39 is 0 Å². The first kappa shape index (κ1) is 51.2. The number of nitrogens with zero attached hydrogens (tertiary/aromatic N) is 9. The maximum absolute atomic E-state index is 13.2. The molecule has 4 aromatic heterocycles. The van der Waals surface area contributed by atoms with Gasteiger partial charge in [-0.25, -0.2) is 9.97 Å². The summed E-state index contributed by atoms with van der Waals surface area (Å²) in [5.74, 6) is 2.15. The second kappa shape index (κ2) is 24.6. The summed E-state index contributed by atoms with van der Waals surface area (Å²) in [6.07, 6.45) is 13.7. The molecular formula is C51H73N11O4. The van der Waals surface area contributed by atoms with Crippen LogP contribution in [0.2, 0.25) is 0 Å². The lowest BCUT2D eigenvalue weighted by molar-refractivity contribution is -0.139. The van der Waals surface area contributed by atoms with E-state index in [4.69, 9.17) is 16.3 Å². The van der Waals surface area contributed by atoms with Crippen LogP contribution in [0.3, 0.4) is 0 Å². The third-order valence-electron chi connectivity index (χ3n) is 13.8. The fourth-order valence-electron chi connectivity index (χ4n) is 9.85. The maximum Gasteiger partial charge on any atom is 0.225 e. The van der Waals surface area contributed by atoms with Crippen LogP contribution in [-0.4, -0.2) is 122 Å². The molecule has 2 amide bonds. The molecule has 4 aliphatic rings. The predicted molar refractivity (Wildman–Crippen MR) is 261 cm³/mol. The molecule has 2 unspecified atom stereocenters. The van der Waals surface area contributed by atoms with E-state index in [2.05, 4.69) is 48.7 Å². The van der Waals surface area contributed by atoms with Crippen LogP contribution >= 0.6 is 0 Å². The summed E-state index contributed by atoms with van der Waals surface area (Å²) < 4.78 is 0. The van der Waals surface area contributed by atoms with Crippen molar-refractivity contribution in [3.63, 3.8) is 0 Å². The molecule has 0 spiro atoms. The van der Waals surface area contributed by atoms with Crippen molar-refractivity contribution < 1.29 is 19.2 Å². The van der Waals surface area contributed by atoms with Crippen molar-refractivity contribution >= 4 is 34.9 Å². The molecule has 8 heterocycles. The minimum atomic E-state index is -0.0329. The van der Waals surface area contributed by atoms with Crippen molar-refractivity contribution in [3.8, 4) is 0 Å². The van der Waals surface area contributed by atoms with Crippen LogP contribution in [0.25, 0.3) is 0 Å². The molecule has 15 nitrogen and oxygen atoms in total. The number of pyridine rings is 4. The van der Waals surface area contributed by atoms with E-state index >= 15 is 0 Å². The summed E-state index contributed by atoms with van der Waals surface area (Å²) >= 11 is 0. The number of amides is 2. The average molecular weight is 904 g/mol. The molecule has 4 aromatic rings. The Kier molecular flexibility index (Phi) is 19.1. The second-order valence-corrected chi connectivity index (χ2v) is 17.7. The monoisotopic (exact) mass is 904 g/mol. The number of Topliss-reactive ketones (excluding diaryl/α,β-unsaturated/α-hetero) is 1. The molecule has 0 bridgehead atoms. The fourth-order valence-corrected chi connectivity index (χ4v) is 9.85. The van der Waals surface area contributed by atoms with E-state index in [1.807, 2.05) is 64.4 Å². The third-order valence-corrected chi connectivity index (χ3v) is 13.8. The van der Waals surface area contributed by atoms with Gasteiger partial charge in [0, 0.05) is 86.7 Å². The summed E-state index contributed by atoms with van der Waals surface area (Å²) in [6.45, 7) is 10.8. The zero-order valence-corrected chi connectivity index (χ0v) is 37.7. The smallest absolute Gasteiger partial charge is 0.225 e. The predicted octanol–water partition coefficient (Wildman–Crippen LogP) is 7.35. The Morgan fingerprint density at radius 1 is 0.561 bits per heavy atom. The van der Waals surface area contributed by atoms with Gasteiger partial charge in [-0.1, -0.05) is 32.1 Å². The molecule has 4 saturated heterocycles. The Morgan fingerprint density at radius 2 is 0.970 bits per heavy atom. The molecule has 0 aliphatic carbocycles. The lowest BCUT2D eigenvalue weighted by Crippen LogP contribution is -2.46. The quantitative estimate of drug-likeness (QED) is 0.0867. The highest BCUT2D eigenvalue weighted by Crippen LogP contribution is 2.32. The zero-order chi connectivity index (χ0) is 45.0. The van der Waals surface area contributed by atoms with Crippen LogP contribution < -0.4 is 11.5 Å². The molecule has 356 valence electrons. The van der Waals surface area contributed by atoms with Crippen LogP contribution in [0.5, 0.6) is 0 Å². The van der Waals surface area contributed by atoms with Gasteiger partial charge in [0.05, 0.1) is 5.69 Å². The fraction of sp³-hybridized carbons (Fsp3) is 0.529. The van der Waals surface area contributed by atoms with Crippen molar-refractivity contribution in [2.24, 2.45) is 28.8 Å². The minimum Gasteiger partial charge on any atom is -0.399 e. The van der Waals surface area contributed by atoms with Gasteiger partial charge in [-0.15, -0.1) is 0 Å². The minimum absolute atomic E-state index is 0. The molecule has 8 rings (SSSR count). The topological polar surface area (TPSA) is 189 Å². The number of nitrogens with two attached hydrogens (primary N) is 2. The Morgan fingerprint density at radius 3 is 1.36 bits per heavy atom. The molecule has 0 aromatic carbocycles. The van der Waals surface area contributed by atoms with Gasteiger partial charge in [0.15, 0.2) is 5.78 Å². The number of hydrogen-bond acceptors (Lipinski definition) is 13. The Hall–Kier alpha value is -5.80. The van der Waals surface area contributed by atoms with Crippen molar-refractivity contribution in [2.75, 3.05) is 70.9 Å². The van der Waals surface area contributed by atoms with Gasteiger partial charge in [-0.2, -0.15) is 0 Å². The van der Waals surface area contributed by atoms with Crippen LogP contribution in [0.4, 0.5) is 11.6 Å². The molecule has 2 atom stereocenters. The number of oxime groups is 1. The average Bonchev–Trinajstić information content (AvgIpc) is 3.35. The molecule has 66 heavy (non-hydrogen) atoms. The largest absolute Gasteiger partial charge is 0.399 e. The molecule has 4 N–H and O–H groups in total. The van der Waals surface area contributed by atoms with E-state index in [1.165, 1.54) is 5.56 Å². The number of ketones is 1.